The zero-order valence-electron chi connectivity index (χ0n) is 6.93. The van der Waals surface area contributed by atoms with Crippen LogP contribution in [0.15, 0.2) is 0 Å². The van der Waals surface area contributed by atoms with E-state index in [1.165, 1.54) is 0 Å². The van der Waals surface area contributed by atoms with Crippen LogP contribution < -0.4 is 17.3 Å². The highest BCUT2D eigenvalue weighted by Crippen LogP contribution is 1.90. The molecule has 0 aliphatic rings. The number of hydrogen-bond acceptors (Lipinski definition) is 5. The minimum absolute atomic E-state index is 0.0104. The van der Waals surface area contributed by atoms with Crippen molar-refractivity contribution >= 4 is 11.9 Å². The van der Waals surface area contributed by atoms with Crippen LogP contribution in [0.4, 0.5) is 0 Å². The quantitative estimate of drug-likeness (QED) is 0.143. The first-order chi connectivity index (χ1) is 5.95. The van der Waals surface area contributed by atoms with Crippen molar-refractivity contribution in [3.8, 4) is 0 Å². The maximum absolute atomic E-state index is 10.2. The molecule has 0 aromatic rings. The van der Waals surface area contributed by atoms with E-state index in [1.54, 1.807) is 0 Å². The summed E-state index contributed by atoms with van der Waals surface area (Å²) in [4.78, 5) is 14.9. The summed E-state index contributed by atoms with van der Waals surface area (Å²) < 4.78 is 0. The highest BCUT2D eigenvalue weighted by molar-refractivity contribution is 5.73. The molecule has 0 heterocycles. The van der Waals surface area contributed by atoms with Gasteiger partial charge >= 0.3 is 5.97 Å². The Hall–Kier alpha value is -1.38. The Morgan fingerprint density at radius 1 is 1.69 bits per heavy atom. The monoisotopic (exact) mass is 191 g/mol. The van der Waals surface area contributed by atoms with Crippen LogP contribution in [0.1, 0.15) is 6.42 Å². The predicted octanol–water partition coefficient (Wildman–Crippen LogP) is -2.21. The summed E-state index contributed by atoms with van der Waals surface area (Å²) in [6.07, 6.45) is 0.0936. The highest BCUT2D eigenvalue weighted by atomic mass is 16.7. The lowest BCUT2D eigenvalue weighted by Gasteiger charge is -2.15. The molecule has 0 aromatic carbocycles. The molecule has 13 heavy (non-hydrogen) atoms. The Labute approximate surface area is 74.7 Å². The summed E-state index contributed by atoms with van der Waals surface area (Å²) in [5, 5.41) is 15.7. The standard InChI is InChI=1S/C5H13N5O3/c6-3(4(11)12)1-2-13-10(9)5(7)8/h3H,1-2,6,9H2,(H3,7,8)(H,11,12)/t3-/m0/s1. The molecule has 0 fully saturated rings. The van der Waals surface area contributed by atoms with Crippen molar-refractivity contribution in [1.29, 1.82) is 5.41 Å². The Kier molecular flexibility index (Phi) is 4.74. The number of carboxylic acid groups (broad SMARTS) is 1. The van der Waals surface area contributed by atoms with Crippen LogP contribution >= 0.6 is 0 Å². The molecular weight excluding hydrogens is 178 g/mol. The molecule has 0 saturated heterocycles. The van der Waals surface area contributed by atoms with Gasteiger partial charge in [0.1, 0.15) is 6.04 Å². The van der Waals surface area contributed by atoms with E-state index in [9.17, 15) is 4.79 Å². The number of carboxylic acids is 1. The maximum atomic E-state index is 10.2. The summed E-state index contributed by atoms with van der Waals surface area (Å²) in [6, 6.07) is -1.000. The first-order valence-corrected chi connectivity index (χ1v) is 3.45. The molecule has 8 N–H and O–H groups in total. The topological polar surface area (TPSA) is 152 Å². The Morgan fingerprint density at radius 2 is 2.23 bits per heavy atom. The van der Waals surface area contributed by atoms with Gasteiger partial charge in [0.25, 0.3) is 0 Å². The molecule has 8 nitrogen and oxygen atoms in total. The number of hydroxylamine groups is 1. The first-order valence-electron chi connectivity index (χ1n) is 3.45. The number of hydrogen-bond donors (Lipinski definition) is 5. The molecule has 0 spiro atoms. The molecule has 0 radical (unpaired) electrons. The summed E-state index contributed by atoms with van der Waals surface area (Å²) >= 11 is 0. The van der Waals surface area contributed by atoms with Gasteiger partial charge in [-0.15, -0.1) is 0 Å². The second-order valence-corrected chi connectivity index (χ2v) is 2.28. The van der Waals surface area contributed by atoms with E-state index in [4.69, 9.17) is 27.8 Å². The number of aliphatic carboxylic acids is 1. The van der Waals surface area contributed by atoms with Crippen LogP contribution in [0.3, 0.4) is 0 Å². The third-order valence-corrected chi connectivity index (χ3v) is 1.21. The molecule has 76 valence electrons. The summed E-state index contributed by atoms with van der Waals surface area (Å²) in [7, 11) is 0. The Balaban J connectivity index is 3.56. The van der Waals surface area contributed by atoms with Crippen molar-refractivity contribution in [1.82, 2.24) is 5.17 Å². The van der Waals surface area contributed by atoms with Gasteiger partial charge in [-0.3, -0.25) is 15.0 Å². The lowest BCUT2D eigenvalue weighted by molar-refractivity contribution is -0.141. The molecule has 0 aromatic heterocycles. The van der Waals surface area contributed by atoms with E-state index < -0.39 is 18.0 Å². The number of guanidine groups is 1. The number of nitrogens with zero attached hydrogens (tertiary/aromatic N) is 1. The first kappa shape index (κ1) is 11.6. The highest BCUT2D eigenvalue weighted by Gasteiger charge is 2.11. The lowest BCUT2D eigenvalue weighted by Crippen LogP contribution is -2.43. The molecule has 8 heteroatoms. The van der Waals surface area contributed by atoms with Crippen LogP contribution in [-0.4, -0.2) is 34.9 Å². The molecule has 1 atom stereocenters. The maximum Gasteiger partial charge on any atom is 0.320 e. The fraction of sp³-hybridized carbons (Fsp3) is 0.600. The number of nitrogens with one attached hydrogen (secondary N) is 1. The smallest absolute Gasteiger partial charge is 0.320 e. The van der Waals surface area contributed by atoms with E-state index in [2.05, 4.69) is 4.84 Å². The van der Waals surface area contributed by atoms with Gasteiger partial charge in [-0.25, -0.2) is 5.84 Å². The largest absolute Gasteiger partial charge is 0.480 e. The summed E-state index contributed by atoms with van der Waals surface area (Å²) in [5.41, 5.74) is 10.1. The molecule has 0 bridgehead atoms. The minimum Gasteiger partial charge on any atom is -0.480 e. The van der Waals surface area contributed by atoms with Gasteiger partial charge in [-0.05, 0) is 6.42 Å². The Morgan fingerprint density at radius 3 is 2.62 bits per heavy atom. The number of rotatable bonds is 5. The summed E-state index contributed by atoms with van der Waals surface area (Å²) in [5.74, 6) is 3.47. The van der Waals surface area contributed by atoms with Crippen LogP contribution in [0.5, 0.6) is 0 Å². The van der Waals surface area contributed by atoms with Crippen molar-refractivity contribution in [3.05, 3.63) is 0 Å². The minimum atomic E-state index is -1.12. The molecule has 0 saturated carbocycles. The fourth-order valence-electron chi connectivity index (χ4n) is 0.471. The van der Waals surface area contributed by atoms with Gasteiger partial charge in [0.05, 0.1) is 6.61 Å². The SMILES string of the molecule is N=C(N)N(N)OCC[C@H](N)C(=O)O. The molecule has 0 aliphatic carbocycles. The number of hydrazine groups is 1. The number of carbonyl (C=O) groups is 1. The van der Waals surface area contributed by atoms with Crippen molar-refractivity contribution in [2.75, 3.05) is 6.61 Å². The van der Waals surface area contributed by atoms with Crippen molar-refractivity contribution < 1.29 is 14.7 Å². The van der Waals surface area contributed by atoms with Gasteiger partial charge in [0, 0.05) is 0 Å². The van der Waals surface area contributed by atoms with Crippen LogP contribution in [-0.2, 0) is 9.63 Å². The number of nitrogens with two attached hydrogens (primary N) is 3. The van der Waals surface area contributed by atoms with E-state index in [0.29, 0.717) is 5.17 Å². The average Bonchev–Trinajstić information content (AvgIpc) is 2.03. The van der Waals surface area contributed by atoms with Crippen molar-refractivity contribution in [3.63, 3.8) is 0 Å². The van der Waals surface area contributed by atoms with Crippen LogP contribution in [0.25, 0.3) is 0 Å². The molecular formula is C5H13N5O3. The van der Waals surface area contributed by atoms with Crippen LogP contribution in [0, 0.1) is 5.41 Å². The third-order valence-electron chi connectivity index (χ3n) is 1.21. The second-order valence-electron chi connectivity index (χ2n) is 2.28. The second kappa shape index (κ2) is 5.30. The van der Waals surface area contributed by atoms with Gasteiger partial charge < -0.3 is 16.6 Å². The van der Waals surface area contributed by atoms with Crippen molar-refractivity contribution in [2.24, 2.45) is 17.3 Å². The third kappa shape index (κ3) is 4.95. The van der Waals surface area contributed by atoms with Gasteiger partial charge in [0.15, 0.2) is 0 Å². The average molecular weight is 191 g/mol. The molecule has 0 rings (SSSR count). The summed E-state index contributed by atoms with van der Waals surface area (Å²) in [6.45, 7) is -0.0104. The van der Waals surface area contributed by atoms with E-state index in [0.717, 1.165) is 0 Å². The van der Waals surface area contributed by atoms with E-state index >= 15 is 0 Å². The Bertz CT molecular complexity index is 177. The normalized spacial score (nSPS) is 12.2. The van der Waals surface area contributed by atoms with Crippen LogP contribution in [0.2, 0.25) is 0 Å². The van der Waals surface area contributed by atoms with Crippen molar-refractivity contribution in [2.45, 2.75) is 12.5 Å². The zero-order chi connectivity index (χ0) is 10.4. The fourth-order valence-corrected chi connectivity index (χ4v) is 0.471. The molecule has 0 aliphatic heterocycles. The lowest BCUT2D eigenvalue weighted by atomic mass is 10.2. The van der Waals surface area contributed by atoms with Gasteiger partial charge in [0.2, 0.25) is 5.96 Å². The van der Waals surface area contributed by atoms with E-state index in [1.807, 2.05) is 0 Å². The van der Waals surface area contributed by atoms with Gasteiger partial charge in [-0.1, -0.05) is 0 Å². The van der Waals surface area contributed by atoms with Gasteiger partial charge in [-0.2, -0.15) is 5.17 Å². The molecule has 0 amide bonds. The zero-order valence-corrected chi connectivity index (χ0v) is 6.93. The van der Waals surface area contributed by atoms with E-state index in [-0.39, 0.29) is 13.0 Å². The molecule has 0 unspecified atom stereocenters. The predicted molar refractivity (Wildman–Crippen MR) is 44.1 cm³/mol.